The van der Waals surface area contributed by atoms with Crippen LogP contribution in [-0.2, 0) is 0 Å². The number of hydrogen-bond acceptors (Lipinski definition) is 1. The molecular weight excluding hydrogens is 148 g/mol. The molecule has 0 aliphatic heterocycles. The number of hydrogen-bond donors (Lipinski definition) is 1. The summed E-state index contributed by atoms with van der Waals surface area (Å²) in [6.45, 7) is 1.83. The Hall–Kier alpha value is -0.690. The highest BCUT2D eigenvalue weighted by molar-refractivity contribution is 6.31. The maximum Gasteiger partial charge on any atom is 0.120 e. The van der Waals surface area contributed by atoms with Gasteiger partial charge in [0.15, 0.2) is 0 Å². The molecule has 1 N–H and O–H groups in total. The molecule has 0 fully saturated rings. The lowest BCUT2D eigenvalue weighted by Gasteiger charge is -2.01. The second kappa shape index (κ2) is 2.93. The van der Waals surface area contributed by atoms with Crippen LogP contribution in [0, 0.1) is 6.42 Å². The van der Waals surface area contributed by atoms with Gasteiger partial charge in [-0.15, -0.1) is 0 Å². The molecule has 0 amide bonds. The predicted octanol–water partition coefficient (Wildman–Crippen LogP) is 2.62. The van der Waals surface area contributed by atoms with Crippen LogP contribution in [0.2, 0.25) is 5.02 Å². The monoisotopic (exact) mass is 155 g/mol. The summed E-state index contributed by atoms with van der Waals surface area (Å²) < 4.78 is 0. The zero-order valence-electron chi connectivity index (χ0n) is 5.63. The van der Waals surface area contributed by atoms with Gasteiger partial charge in [0.05, 0.1) is 0 Å². The van der Waals surface area contributed by atoms with Crippen LogP contribution in [0.5, 0.6) is 5.75 Å². The van der Waals surface area contributed by atoms with Crippen molar-refractivity contribution < 1.29 is 5.11 Å². The number of halogens is 1. The number of rotatable bonds is 1. The zero-order chi connectivity index (χ0) is 7.56. The second-order valence-electron chi connectivity index (χ2n) is 1.96. The first kappa shape index (κ1) is 7.42. The van der Waals surface area contributed by atoms with Gasteiger partial charge in [0.25, 0.3) is 0 Å². The summed E-state index contributed by atoms with van der Waals surface area (Å²) in [5.41, 5.74) is 0.698. The Morgan fingerprint density at radius 2 is 2.20 bits per heavy atom. The van der Waals surface area contributed by atoms with E-state index in [1.807, 2.05) is 6.92 Å². The fourth-order valence-corrected chi connectivity index (χ4v) is 1.09. The lowest BCUT2D eigenvalue weighted by atomic mass is 10.1. The largest absolute Gasteiger partial charge is 0.508 e. The predicted molar refractivity (Wildman–Crippen MR) is 42.2 cm³/mol. The first-order valence-electron chi connectivity index (χ1n) is 3.02. The first-order chi connectivity index (χ1) is 4.75. The van der Waals surface area contributed by atoms with Gasteiger partial charge in [-0.2, -0.15) is 0 Å². The molecular formula is C8H8ClO. The lowest BCUT2D eigenvalue weighted by molar-refractivity contribution is 0.472. The van der Waals surface area contributed by atoms with Crippen LogP contribution < -0.4 is 0 Å². The molecule has 1 nitrogen and oxygen atoms in total. The molecule has 2 heteroatoms. The van der Waals surface area contributed by atoms with Crippen molar-refractivity contribution in [1.29, 1.82) is 0 Å². The maximum absolute atomic E-state index is 9.18. The summed E-state index contributed by atoms with van der Waals surface area (Å²) in [5.74, 6) is 0.231. The lowest BCUT2D eigenvalue weighted by Crippen LogP contribution is -1.79. The van der Waals surface area contributed by atoms with E-state index in [9.17, 15) is 5.11 Å². The number of aromatic hydroxyl groups is 1. The van der Waals surface area contributed by atoms with Gasteiger partial charge in [-0.1, -0.05) is 24.6 Å². The highest BCUT2D eigenvalue weighted by Gasteiger charge is 2.01. The van der Waals surface area contributed by atoms with Crippen LogP contribution in [-0.4, -0.2) is 5.11 Å². The molecule has 1 aromatic carbocycles. The van der Waals surface area contributed by atoms with Gasteiger partial charge in [-0.05, 0) is 18.6 Å². The van der Waals surface area contributed by atoms with Crippen molar-refractivity contribution in [2.75, 3.05) is 0 Å². The summed E-state index contributed by atoms with van der Waals surface area (Å²) in [5, 5.41) is 9.76. The van der Waals surface area contributed by atoms with E-state index in [0.29, 0.717) is 10.6 Å². The maximum atomic E-state index is 9.18. The van der Waals surface area contributed by atoms with Gasteiger partial charge in [0.1, 0.15) is 5.75 Å². The van der Waals surface area contributed by atoms with Gasteiger partial charge in [-0.3, -0.25) is 0 Å². The number of benzene rings is 1. The molecule has 1 radical (unpaired) electrons. The average molecular weight is 156 g/mol. The fraction of sp³-hybridized carbons (Fsp3) is 0.125. The Labute approximate surface area is 65.3 Å². The van der Waals surface area contributed by atoms with E-state index in [1.165, 1.54) is 0 Å². The SMILES string of the molecule is C[CH]c1c(O)cccc1Cl. The van der Waals surface area contributed by atoms with Crippen LogP contribution in [0.4, 0.5) is 0 Å². The summed E-state index contributed by atoms with van der Waals surface area (Å²) >= 11 is 5.74. The molecule has 1 rings (SSSR count). The number of phenolic OH excluding ortho intramolecular Hbond substituents is 1. The Bertz CT molecular complexity index is 212. The molecule has 1 aromatic rings. The van der Waals surface area contributed by atoms with Crippen LogP contribution in [0.25, 0.3) is 0 Å². The van der Waals surface area contributed by atoms with Crippen LogP contribution in [0.3, 0.4) is 0 Å². The molecule has 0 spiro atoms. The molecule has 0 saturated carbocycles. The third kappa shape index (κ3) is 1.24. The first-order valence-corrected chi connectivity index (χ1v) is 3.40. The van der Waals surface area contributed by atoms with Crippen molar-refractivity contribution in [3.63, 3.8) is 0 Å². The van der Waals surface area contributed by atoms with Gasteiger partial charge in [-0.25, -0.2) is 0 Å². The minimum atomic E-state index is 0.231. The fourth-order valence-electron chi connectivity index (χ4n) is 0.811. The molecule has 0 atom stereocenters. The molecule has 0 aromatic heterocycles. The molecule has 0 heterocycles. The van der Waals surface area contributed by atoms with Crippen molar-refractivity contribution in [2.45, 2.75) is 6.92 Å². The van der Waals surface area contributed by atoms with Crippen LogP contribution in [0.1, 0.15) is 12.5 Å². The molecule has 0 bridgehead atoms. The molecule has 0 aliphatic carbocycles. The van der Waals surface area contributed by atoms with E-state index in [2.05, 4.69) is 0 Å². The summed E-state index contributed by atoms with van der Waals surface area (Å²) in [6.07, 6.45) is 1.78. The van der Waals surface area contributed by atoms with Gasteiger partial charge in [0, 0.05) is 10.6 Å². The third-order valence-electron chi connectivity index (χ3n) is 1.32. The van der Waals surface area contributed by atoms with Crippen molar-refractivity contribution in [3.8, 4) is 5.75 Å². The Morgan fingerprint density at radius 1 is 1.50 bits per heavy atom. The third-order valence-corrected chi connectivity index (χ3v) is 1.65. The van der Waals surface area contributed by atoms with E-state index in [-0.39, 0.29) is 5.75 Å². The standard InChI is InChI=1S/C8H8ClO/c1-2-6-7(9)4-3-5-8(6)10/h2-5,10H,1H3. The quantitative estimate of drug-likeness (QED) is 0.661. The van der Waals surface area contributed by atoms with E-state index in [1.54, 1.807) is 24.6 Å². The van der Waals surface area contributed by atoms with Gasteiger partial charge >= 0.3 is 0 Å². The normalized spacial score (nSPS) is 9.80. The Morgan fingerprint density at radius 3 is 2.60 bits per heavy atom. The molecule has 53 valence electrons. The van der Waals surface area contributed by atoms with Crippen molar-refractivity contribution in [3.05, 3.63) is 35.2 Å². The van der Waals surface area contributed by atoms with E-state index in [4.69, 9.17) is 11.6 Å². The van der Waals surface area contributed by atoms with Crippen LogP contribution >= 0.6 is 11.6 Å². The number of phenols is 1. The Kier molecular flexibility index (Phi) is 2.17. The zero-order valence-corrected chi connectivity index (χ0v) is 6.39. The van der Waals surface area contributed by atoms with Crippen molar-refractivity contribution >= 4 is 11.6 Å². The summed E-state index contributed by atoms with van der Waals surface area (Å²) in [7, 11) is 0. The topological polar surface area (TPSA) is 20.2 Å². The smallest absolute Gasteiger partial charge is 0.120 e. The minimum Gasteiger partial charge on any atom is -0.508 e. The highest BCUT2D eigenvalue weighted by atomic mass is 35.5. The van der Waals surface area contributed by atoms with Gasteiger partial charge in [0.2, 0.25) is 0 Å². The average Bonchev–Trinajstić information content (AvgIpc) is 1.88. The minimum absolute atomic E-state index is 0.231. The molecule has 0 unspecified atom stereocenters. The van der Waals surface area contributed by atoms with E-state index >= 15 is 0 Å². The highest BCUT2D eigenvalue weighted by Crippen LogP contribution is 2.25. The van der Waals surface area contributed by atoms with E-state index in [0.717, 1.165) is 0 Å². The summed E-state index contributed by atoms with van der Waals surface area (Å²) in [4.78, 5) is 0. The van der Waals surface area contributed by atoms with Crippen molar-refractivity contribution in [2.24, 2.45) is 0 Å². The van der Waals surface area contributed by atoms with Crippen LogP contribution in [0.15, 0.2) is 18.2 Å². The molecule has 10 heavy (non-hydrogen) atoms. The van der Waals surface area contributed by atoms with Crippen molar-refractivity contribution in [1.82, 2.24) is 0 Å². The molecule has 0 aliphatic rings. The van der Waals surface area contributed by atoms with Gasteiger partial charge < -0.3 is 5.11 Å². The second-order valence-corrected chi connectivity index (χ2v) is 2.37. The Balaban J connectivity index is 3.17. The molecule has 0 saturated heterocycles. The summed E-state index contributed by atoms with van der Waals surface area (Å²) in [6, 6.07) is 5.07. The van der Waals surface area contributed by atoms with E-state index < -0.39 is 0 Å².